The van der Waals surface area contributed by atoms with E-state index in [0.717, 1.165) is 50.2 Å². The van der Waals surface area contributed by atoms with Crippen molar-refractivity contribution >= 4 is 53.3 Å². The second-order valence-corrected chi connectivity index (χ2v) is 15.2. The van der Waals surface area contributed by atoms with Crippen molar-refractivity contribution in [2.75, 3.05) is 0 Å². The number of benzene rings is 8. The molecule has 0 aliphatic rings. The van der Waals surface area contributed by atoms with E-state index >= 15 is 0 Å². The van der Waals surface area contributed by atoms with Crippen molar-refractivity contribution in [3.63, 3.8) is 0 Å². The van der Waals surface area contributed by atoms with Crippen molar-refractivity contribution in [1.82, 2.24) is 14.5 Å². The molecular formula is C52H33N3S. The highest BCUT2D eigenvalue weighted by Gasteiger charge is 2.22. The molecule has 3 aromatic heterocycles. The molecule has 0 N–H and O–H groups in total. The smallest absolute Gasteiger partial charge is 0.161 e. The first-order chi connectivity index (χ1) is 27.8. The van der Waals surface area contributed by atoms with Crippen LogP contribution in [0.25, 0.3) is 104 Å². The van der Waals surface area contributed by atoms with Crippen LogP contribution in [0, 0.1) is 0 Å². The Morgan fingerprint density at radius 2 is 0.929 bits per heavy atom. The van der Waals surface area contributed by atoms with Crippen molar-refractivity contribution in [3.8, 4) is 61.8 Å². The molecule has 0 radical (unpaired) electrons. The number of rotatable bonds is 6. The first kappa shape index (κ1) is 32.3. The van der Waals surface area contributed by atoms with Crippen molar-refractivity contribution in [2.45, 2.75) is 0 Å². The van der Waals surface area contributed by atoms with Gasteiger partial charge in [-0.25, -0.2) is 9.97 Å². The van der Waals surface area contributed by atoms with E-state index in [1.54, 1.807) is 0 Å². The van der Waals surface area contributed by atoms with Crippen molar-refractivity contribution in [3.05, 3.63) is 200 Å². The highest BCUT2D eigenvalue weighted by atomic mass is 32.1. The largest absolute Gasteiger partial charge is 0.308 e. The summed E-state index contributed by atoms with van der Waals surface area (Å²) in [5.74, 6) is 0.706. The molecule has 3 heterocycles. The number of fused-ring (bicyclic) bond motifs is 6. The average Bonchev–Trinajstić information content (AvgIpc) is 3.83. The van der Waals surface area contributed by atoms with Gasteiger partial charge in [-0.3, -0.25) is 0 Å². The topological polar surface area (TPSA) is 30.7 Å². The first-order valence-corrected chi connectivity index (χ1v) is 19.7. The Morgan fingerprint density at radius 1 is 0.375 bits per heavy atom. The molecule has 0 amide bonds. The summed E-state index contributed by atoms with van der Waals surface area (Å²) in [7, 11) is 0. The molecule has 56 heavy (non-hydrogen) atoms. The van der Waals surface area contributed by atoms with Gasteiger partial charge in [-0.2, -0.15) is 0 Å². The van der Waals surface area contributed by atoms with Gasteiger partial charge in [-0.15, -0.1) is 11.3 Å². The van der Waals surface area contributed by atoms with Crippen LogP contribution in [0.2, 0.25) is 0 Å². The van der Waals surface area contributed by atoms with Gasteiger partial charge in [-0.1, -0.05) is 158 Å². The fourth-order valence-electron chi connectivity index (χ4n) is 8.18. The predicted octanol–water partition coefficient (Wildman–Crippen LogP) is 14.3. The van der Waals surface area contributed by atoms with Crippen LogP contribution < -0.4 is 0 Å². The minimum absolute atomic E-state index is 0.706. The second-order valence-electron chi connectivity index (χ2n) is 14.2. The number of nitrogens with zero attached hydrogens (tertiary/aromatic N) is 3. The van der Waals surface area contributed by atoms with Gasteiger partial charge in [-0.05, 0) is 64.7 Å². The van der Waals surface area contributed by atoms with Gasteiger partial charge in [0.1, 0.15) is 0 Å². The Kier molecular flexibility index (Phi) is 7.68. The molecule has 0 bridgehead atoms. The van der Waals surface area contributed by atoms with E-state index < -0.39 is 0 Å². The van der Waals surface area contributed by atoms with Gasteiger partial charge in [0.05, 0.1) is 32.8 Å². The third kappa shape index (κ3) is 5.42. The van der Waals surface area contributed by atoms with Gasteiger partial charge in [0, 0.05) is 42.9 Å². The molecule has 0 fully saturated rings. The van der Waals surface area contributed by atoms with Crippen LogP contribution in [-0.2, 0) is 0 Å². The monoisotopic (exact) mass is 731 g/mol. The van der Waals surface area contributed by atoms with Crippen LogP contribution >= 0.6 is 11.3 Å². The van der Waals surface area contributed by atoms with E-state index in [-0.39, 0.29) is 0 Å². The lowest BCUT2D eigenvalue weighted by atomic mass is 9.99. The fraction of sp³-hybridized carbons (Fsp3) is 0. The second kappa shape index (κ2) is 13.3. The Labute approximate surface area is 328 Å². The van der Waals surface area contributed by atoms with E-state index in [9.17, 15) is 0 Å². The van der Waals surface area contributed by atoms with Gasteiger partial charge < -0.3 is 4.57 Å². The van der Waals surface area contributed by atoms with Gasteiger partial charge >= 0.3 is 0 Å². The molecule has 0 unspecified atom stereocenters. The molecule has 0 spiro atoms. The van der Waals surface area contributed by atoms with Crippen LogP contribution in [0.5, 0.6) is 0 Å². The summed E-state index contributed by atoms with van der Waals surface area (Å²) in [6.45, 7) is 0. The van der Waals surface area contributed by atoms with Gasteiger partial charge in [0.15, 0.2) is 5.82 Å². The zero-order valence-electron chi connectivity index (χ0n) is 30.3. The molecule has 3 nitrogen and oxygen atoms in total. The van der Waals surface area contributed by atoms with Crippen molar-refractivity contribution in [2.24, 2.45) is 0 Å². The first-order valence-electron chi connectivity index (χ1n) is 18.9. The van der Waals surface area contributed by atoms with E-state index in [2.05, 4.69) is 193 Å². The van der Waals surface area contributed by atoms with E-state index in [0.29, 0.717) is 5.82 Å². The standard InChI is InChI=1S/C52H33N3S/c1-5-16-34(17-6-1)38-28-29-49-42(30-38)43-31-39(35-18-7-2-8-19-35)32-48(51(43)56-49)55-46-26-14-13-24-40(46)50-41(25-15-27-47(50)55)52-53-44(36-20-9-3-10-21-36)33-45(54-52)37-22-11-4-12-23-37/h1-33H. The molecule has 262 valence electrons. The SMILES string of the molecule is c1ccc(-c2ccc3sc4c(-n5c6ccccc6c6c(-c7nc(-c8ccccc8)cc(-c8ccccc8)n7)cccc65)cc(-c5ccccc5)cc4c3c2)cc1. The van der Waals surface area contributed by atoms with Crippen LogP contribution in [-0.4, -0.2) is 14.5 Å². The Morgan fingerprint density at radius 3 is 1.59 bits per heavy atom. The summed E-state index contributed by atoms with van der Waals surface area (Å²) in [6.07, 6.45) is 0. The molecule has 11 aromatic rings. The quantitative estimate of drug-likeness (QED) is 0.170. The summed E-state index contributed by atoms with van der Waals surface area (Å²) < 4.78 is 4.99. The Balaban J connectivity index is 1.20. The number of thiophene rings is 1. The number of aromatic nitrogens is 3. The van der Waals surface area contributed by atoms with Gasteiger partial charge in [0.25, 0.3) is 0 Å². The van der Waals surface area contributed by atoms with E-state index in [4.69, 9.17) is 9.97 Å². The minimum Gasteiger partial charge on any atom is -0.308 e. The molecule has 0 aliphatic heterocycles. The van der Waals surface area contributed by atoms with Gasteiger partial charge in [0.2, 0.25) is 0 Å². The van der Waals surface area contributed by atoms with Crippen LogP contribution in [0.1, 0.15) is 0 Å². The highest BCUT2D eigenvalue weighted by Crippen LogP contribution is 2.45. The molecule has 0 saturated heterocycles. The summed E-state index contributed by atoms with van der Waals surface area (Å²) in [6, 6.07) is 71.4. The minimum atomic E-state index is 0.706. The third-order valence-corrected chi connectivity index (χ3v) is 12.0. The average molecular weight is 732 g/mol. The Hall–Kier alpha value is -7.14. The predicted molar refractivity (Wildman–Crippen MR) is 236 cm³/mol. The van der Waals surface area contributed by atoms with E-state index in [1.807, 2.05) is 23.5 Å². The Bertz CT molecular complexity index is 3160. The molecule has 0 saturated carbocycles. The fourth-order valence-corrected chi connectivity index (χ4v) is 9.35. The molecule has 0 atom stereocenters. The lowest BCUT2D eigenvalue weighted by Gasteiger charge is -2.13. The number of hydrogen-bond donors (Lipinski definition) is 0. The van der Waals surface area contributed by atoms with Crippen molar-refractivity contribution < 1.29 is 0 Å². The molecule has 11 rings (SSSR count). The lowest BCUT2D eigenvalue weighted by Crippen LogP contribution is -1.97. The van der Waals surface area contributed by atoms with E-state index in [1.165, 1.54) is 47.8 Å². The number of hydrogen-bond acceptors (Lipinski definition) is 3. The maximum Gasteiger partial charge on any atom is 0.161 e. The summed E-state index contributed by atoms with van der Waals surface area (Å²) >= 11 is 1.87. The zero-order chi connectivity index (χ0) is 37.0. The van der Waals surface area contributed by atoms with Crippen LogP contribution in [0.15, 0.2) is 200 Å². The van der Waals surface area contributed by atoms with Crippen LogP contribution in [0.4, 0.5) is 0 Å². The zero-order valence-corrected chi connectivity index (χ0v) is 31.1. The third-order valence-electron chi connectivity index (χ3n) is 10.8. The normalized spacial score (nSPS) is 11.6. The summed E-state index contributed by atoms with van der Waals surface area (Å²) in [4.78, 5) is 10.6. The highest BCUT2D eigenvalue weighted by molar-refractivity contribution is 7.26. The molecule has 4 heteroatoms. The molecule has 8 aromatic carbocycles. The maximum atomic E-state index is 5.29. The lowest BCUT2D eigenvalue weighted by molar-refractivity contribution is 1.18. The molecule has 0 aliphatic carbocycles. The maximum absolute atomic E-state index is 5.29. The van der Waals surface area contributed by atoms with Crippen LogP contribution in [0.3, 0.4) is 0 Å². The van der Waals surface area contributed by atoms with Crippen molar-refractivity contribution in [1.29, 1.82) is 0 Å². The molecular weight excluding hydrogens is 699 g/mol. The summed E-state index contributed by atoms with van der Waals surface area (Å²) in [5.41, 5.74) is 13.2. The summed E-state index contributed by atoms with van der Waals surface area (Å²) in [5, 5.41) is 4.83. The number of para-hydroxylation sites is 1.